The second-order valence-corrected chi connectivity index (χ2v) is 2.48. The van der Waals surface area contributed by atoms with Crippen LogP contribution in [-0.2, 0) is 0 Å². The summed E-state index contributed by atoms with van der Waals surface area (Å²) in [6.45, 7) is 6.59. The van der Waals surface area contributed by atoms with Crippen LogP contribution in [0.5, 0.6) is 0 Å². The van der Waals surface area contributed by atoms with E-state index < -0.39 is 0 Å². The molecule has 1 saturated carbocycles. The Morgan fingerprint density at radius 2 is 1.89 bits per heavy atom. The number of nitrogens with zero attached hydrogens (tertiary/aromatic N) is 1. The van der Waals surface area contributed by atoms with Crippen LogP contribution in [-0.4, -0.2) is 0 Å². The highest BCUT2D eigenvalue weighted by Crippen LogP contribution is 2.22. The molecule has 0 aromatic rings. The summed E-state index contributed by atoms with van der Waals surface area (Å²) in [5.74, 6) is 0. The molecule has 1 aliphatic carbocycles. The highest BCUT2D eigenvalue weighted by atomic mass is 14.6. The third kappa shape index (κ3) is 1.89. The summed E-state index contributed by atoms with van der Waals surface area (Å²) < 4.78 is 0. The molecule has 1 nitrogen and oxygen atoms in total. The third-order valence-corrected chi connectivity index (χ3v) is 1.74. The van der Waals surface area contributed by atoms with Crippen molar-refractivity contribution >= 4 is 0 Å². The fourth-order valence-electron chi connectivity index (χ4n) is 1.23. The van der Waals surface area contributed by atoms with Crippen molar-refractivity contribution in [1.82, 2.24) is 0 Å². The fourth-order valence-corrected chi connectivity index (χ4v) is 1.23. The van der Waals surface area contributed by atoms with E-state index in [2.05, 4.69) is 4.85 Å². The van der Waals surface area contributed by atoms with E-state index in [-0.39, 0.29) is 0 Å². The summed E-state index contributed by atoms with van der Waals surface area (Å²) in [5.41, 5.74) is 1.36. The SMILES string of the molecule is [C-]#[N+]C=C1CCCCC1. The quantitative estimate of drug-likeness (QED) is 0.434. The first-order valence-corrected chi connectivity index (χ1v) is 3.48. The van der Waals surface area contributed by atoms with Gasteiger partial charge in [0.05, 0.1) is 6.57 Å². The Morgan fingerprint density at radius 3 is 2.44 bits per heavy atom. The summed E-state index contributed by atoms with van der Waals surface area (Å²) >= 11 is 0. The normalized spacial score (nSPS) is 18.8. The molecule has 0 amide bonds. The van der Waals surface area contributed by atoms with Gasteiger partial charge in [-0.1, -0.05) is 24.8 Å². The highest BCUT2D eigenvalue weighted by Gasteiger charge is 2.02. The van der Waals surface area contributed by atoms with Crippen LogP contribution in [0.2, 0.25) is 0 Å². The topological polar surface area (TPSA) is 4.36 Å². The van der Waals surface area contributed by atoms with Crippen LogP contribution in [0.3, 0.4) is 0 Å². The molecule has 0 radical (unpaired) electrons. The lowest BCUT2D eigenvalue weighted by Crippen LogP contribution is -1.91. The Kier molecular flexibility index (Phi) is 2.32. The molecule has 1 aliphatic rings. The molecule has 1 heteroatoms. The molecule has 0 saturated heterocycles. The van der Waals surface area contributed by atoms with Crippen LogP contribution in [0.1, 0.15) is 32.1 Å². The van der Waals surface area contributed by atoms with Gasteiger partial charge in [-0.05, 0) is 12.8 Å². The molecule has 0 unspecified atom stereocenters. The smallest absolute Gasteiger partial charge is 0.153 e. The minimum Gasteiger partial charge on any atom is -0.246 e. The van der Waals surface area contributed by atoms with Crippen molar-refractivity contribution < 1.29 is 0 Å². The van der Waals surface area contributed by atoms with E-state index in [0.717, 1.165) is 0 Å². The zero-order valence-electron chi connectivity index (χ0n) is 5.56. The van der Waals surface area contributed by atoms with E-state index in [0.29, 0.717) is 0 Å². The Hall–Kier alpha value is -0.770. The van der Waals surface area contributed by atoms with Gasteiger partial charge in [-0.2, -0.15) is 0 Å². The van der Waals surface area contributed by atoms with E-state index in [1.165, 1.54) is 37.7 Å². The van der Waals surface area contributed by atoms with E-state index in [1.54, 1.807) is 6.20 Å². The Balaban J connectivity index is 2.42. The summed E-state index contributed by atoms with van der Waals surface area (Å²) in [7, 11) is 0. The predicted molar refractivity (Wildman–Crippen MR) is 37.8 cm³/mol. The van der Waals surface area contributed by atoms with E-state index in [4.69, 9.17) is 6.57 Å². The first-order chi connectivity index (χ1) is 4.43. The van der Waals surface area contributed by atoms with Crippen molar-refractivity contribution in [1.29, 1.82) is 0 Å². The number of allylic oxidation sites excluding steroid dienone is 1. The van der Waals surface area contributed by atoms with Gasteiger partial charge in [-0.25, -0.2) is 4.85 Å². The molecule has 48 valence electrons. The molecule has 0 bridgehead atoms. The van der Waals surface area contributed by atoms with Gasteiger partial charge in [0.25, 0.3) is 0 Å². The van der Waals surface area contributed by atoms with Crippen molar-refractivity contribution in [2.45, 2.75) is 32.1 Å². The van der Waals surface area contributed by atoms with Gasteiger partial charge in [0.15, 0.2) is 6.20 Å². The number of hydrogen-bond donors (Lipinski definition) is 0. The van der Waals surface area contributed by atoms with Crippen molar-refractivity contribution in [2.24, 2.45) is 0 Å². The van der Waals surface area contributed by atoms with Gasteiger partial charge in [-0.15, -0.1) is 0 Å². The highest BCUT2D eigenvalue weighted by molar-refractivity contribution is 5.07. The first kappa shape index (κ1) is 6.35. The van der Waals surface area contributed by atoms with Gasteiger partial charge >= 0.3 is 0 Å². The van der Waals surface area contributed by atoms with E-state index in [1.807, 2.05) is 0 Å². The van der Waals surface area contributed by atoms with Crippen LogP contribution >= 0.6 is 0 Å². The van der Waals surface area contributed by atoms with Gasteiger partial charge in [-0.3, -0.25) is 0 Å². The molecule has 9 heavy (non-hydrogen) atoms. The van der Waals surface area contributed by atoms with Gasteiger partial charge in [0.2, 0.25) is 0 Å². The molecule has 0 aromatic carbocycles. The van der Waals surface area contributed by atoms with Crippen molar-refractivity contribution in [3.05, 3.63) is 23.2 Å². The van der Waals surface area contributed by atoms with Crippen LogP contribution < -0.4 is 0 Å². The monoisotopic (exact) mass is 121 g/mol. The largest absolute Gasteiger partial charge is 0.246 e. The van der Waals surface area contributed by atoms with E-state index in [9.17, 15) is 0 Å². The number of rotatable bonds is 0. The standard InChI is InChI=1S/C8H11N/c1-9-7-8-5-3-2-4-6-8/h7H,2-6H2. The average molecular weight is 121 g/mol. The summed E-state index contributed by atoms with van der Waals surface area (Å²) in [5, 5.41) is 0. The fraction of sp³-hybridized carbons (Fsp3) is 0.625. The molecule has 0 heterocycles. The van der Waals surface area contributed by atoms with Crippen molar-refractivity contribution in [3.63, 3.8) is 0 Å². The zero-order chi connectivity index (χ0) is 6.53. The Morgan fingerprint density at radius 1 is 1.22 bits per heavy atom. The van der Waals surface area contributed by atoms with Crippen molar-refractivity contribution in [2.75, 3.05) is 0 Å². The molecular weight excluding hydrogens is 110 g/mol. The van der Waals surface area contributed by atoms with Crippen molar-refractivity contribution in [3.8, 4) is 0 Å². The lowest BCUT2D eigenvalue weighted by Gasteiger charge is -2.11. The maximum atomic E-state index is 6.59. The van der Waals surface area contributed by atoms with Gasteiger partial charge in [0, 0.05) is 0 Å². The lowest BCUT2D eigenvalue weighted by molar-refractivity contribution is 0.599. The lowest BCUT2D eigenvalue weighted by atomic mass is 9.96. The zero-order valence-corrected chi connectivity index (χ0v) is 5.56. The molecule has 1 rings (SSSR count). The molecule has 0 aromatic heterocycles. The second-order valence-electron chi connectivity index (χ2n) is 2.48. The average Bonchev–Trinajstić information content (AvgIpc) is 1.91. The second kappa shape index (κ2) is 3.29. The Labute approximate surface area is 56.2 Å². The molecule has 0 N–H and O–H groups in total. The molecular formula is C8H11N. The maximum Gasteiger partial charge on any atom is 0.153 e. The minimum atomic E-state index is 1.17. The van der Waals surface area contributed by atoms with Gasteiger partial charge in [0.1, 0.15) is 0 Å². The minimum absolute atomic E-state index is 1.17. The third-order valence-electron chi connectivity index (χ3n) is 1.74. The maximum absolute atomic E-state index is 6.59. The summed E-state index contributed by atoms with van der Waals surface area (Å²) in [4.78, 5) is 3.25. The van der Waals surface area contributed by atoms with Crippen LogP contribution in [0, 0.1) is 6.57 Å². The summed E-state index contributed by atoms with van der Waals surface area (Å²) in [6.07, 6.45) is 7.97. The van der Waals surface area contributed by atoms with Crippen LogP contribution in [0.4, 0.5) is 0 Å². The molecule has 0 atom stereocenters. The summed E-state index contributed by atoms with van der Waals surface area (Å²) in [6, 6.07) is 0. The predicted octanol–water partition coefficient (Wildman–Crippen LogP) is 2.75. The van der Waals surface area contributed by atoms with Crippen LogP contribution in [0.15, 0.2) is 11.8 Å². The first-order valence-electron chi connectivity index (χ1n) is 3.48. The molecule has 1 fully saturated rings. The van der Waals surface area contributed by atoms with Gasteiger partial charge < -0.3 is 0 Å². The van der Waals surface area contributed by atoms with E-state index >= 15 is 0 Å². The van der Waals surface area contributed by atoms with Crippen LogP contribution in [0.25, 0.3) is 4.85 Å². The number of hydrogen-bond acceptors (Lipinski definition) is 0. The molecule has 0 spiro atoms. The Bertz CT molecular complexity index is 142. The molecule has 0 aliphatic heterocycles.